The van der Waals surface area contributed by atoms with Gasteiger partial charge in [-0.25, -0.2) is 0 Å². The summed E-state index contributed by atoms with van der Waals surface area (Å²) in [6.07, 6.45) is -4.79. The van der Waals surface area contributed by atoms with E-state index in [0.29, 0.717) is 23.1 Å². The van der Waals surface area contributed by atoms with Gasteiger partial charge in [0.15, 0.2) is 0 Å². The van der Waals surface area contributed by atoms with Gasteiger partial charge in [-0.2, -0.15) is 13.2 Å². The number of non-ortho nitro benzene ring substituents is 1. The van der Waals surface area contributed by atoms with E-state index in [-0.39, 0.29) is 6.61 Å². The van der Waals surface area contributed by atoms with Gasteiger partial charge in [-0.1, -0.05) is 0 Å². The van der Waals surface area contributed by atoms with Gasteiger partial charge in [0.1, 0.15) is 29.4 Å². The van der Waals surface area contributed by atoms with Crippen molar-refractivity contribution in [2.45, 2.75) is 12.8 Å². The summed E-state index contributed by atoms with van der Waals surface area (Å²) in [5.41, 5.74) is -1.42. The van der Waals surface area contributed by atoms with Crippen molar-refractivity contribution in [2.24, 2.45) is 0 Å². The number of rotatable bonds is 6. The minimum absolute atomic E-state index is 0.235. The monoisotopic (exact) mass is 357 g/mol. The minimum atomic E-state index is -4.79. The zero-order valence-electron chi connectivity index (χ0n) is 13.3. The summed E-state index contributed by atoms with van der Waals surface area (Å²) in [5, 5.41) is 10.7. The van der Waals surface area contributed by atoms with E-state index in [1.807, 2.05) is 0 Å². The molecule has 0 N–H and O–H groups in total. The molecule has 0 heterocycles. The van der Waals surface area contributed by atoms with Gasteiger partial charge in [-0.15, -0.1) is 0 Å². The average molecular weight is 357 g/mol. The Labute approximate surface area is 140 Å². The molecule has 0 aliphatic heterocycles. The Morgan fingerprint density at radius 1 is 1.04 bits per heavy atom. The fraction of sp³-hybridized carbons (Fsp3) is 0.250. The van der Waals surface area contributed by atoms with E-state index >= 15 is 0 Å². The van der Waals surface area contributed by atoms with Crippen LogP contribution in [-0.2, 0) is 12.8 Å². The van der Waals surface area contributed by atoms with Gasteiger partial charge in [-0.3, -0.25) is 10.1 Å². The highest BCUT2D eigenvalue weighted by atomic mass is 19.4. The topological polar surface area (TPSA) is 70.8 Å². The zero-order chi connectivity index (χ0) is 18.6. The smallest absolute Gasteiger partial charge is 0.420 e. The SMILES string of the molecule is COc1ccc(OC)c(COc2ccc([N+](=O)[O-])cc2C(F)(F)F)c1. The molecule has 2 aromatic rings. The second kappa shape index (κ2) is 7.29. The summed E-state index contributed by atoms with van der Waals surface area (Å²) >= 11 is 0. The molecule has 0 spiro atoms. The van der Waals surface area contributed by atoms with Crippen molar-refractivity contribution in [1.29, 1.82) is 0 Å². The van der Waals surface area contributed by atoms with E-state index < -0.39 is 28.1 Å². The fourth-order valence-corrected chi connectivity index (χ4v) is 2.13. The maximum atomic E-state index is 13.1. The predicted molar refractivity (Wildman–Crippen MR) is 82.0 cm³/mol. The number of nitro benzene ring substituents is 1. The van der Waals surface area contributed by atoms with Crippen molar-refractivity contribution in [3.8, 4) is 17.2 Å². The molecule has 0 aromatic heterocycles. The van der Waals surface area contributed by atoms with Gasteiger partial charge in [0.05, 0.1) is 19.1 Å². The van der Waals surface area contributed by atoms with E-state index in [9.17, 15) is 23.3 Å². The van der Waals surface area contributed by atoms with Gasteiger partial charge in [0.25, 0.3) is 5.69 Å². The van der Waals surface area contributed by atoms with Crippen LogP contribution in [0.4, 0.5) is 18.9 Å². The van der Waals surface area contributed by atoms with E-state index in [4.69, 9.17) is 14.2 Å². The highest BCUT2D eigenvalue weighted by Gasteiger charge is 2.36. The molecule has 9 heteroatoms. The summed E-state index contributed by atoms with van der Waals surface area (Å²) < 4.78 is 54.8. The summed E-state index contributed by atoms with van der Waals surface area (Å²) in [4.78, 5) is 9.79. The first kappa shape index (κ1) is 18.4. The lowest BCUT2D eigenvalue weighted by molar-refractivity contribution is -0.385. The van der Waals surface area contributed by atoms with Crippen LogP contribution in [0.2, 0.25) is 0 Å². The Morgan fingerprint density at radius 2 is 1.72 bits per heavy atom. The standard InChI is InChI=1S/C16H14F3NO5/c1-23-12-4-6-14(24-2)10(7-12)9-25-15-5-3-11(20(21)22)8-13(15)16(17,18)19/h3-8H,9H2,1-2H3. The zero-order valence-corrected chi connectivity index (χ0v) is 13.3. The molecule has 0 unspecified atom stereocenters. The molecule has 0 aliphatic carbocycles. The Balaban J connectivity index is 2.33. The third kappa shape index (κ3) is 4.31. The first-order valence-electron chi connectivity index (χ1n) is 6.95. The van der Waals surface area contributed by atoms with Gasteiger partial charge in [0, 0.05) is 17.7 Å². The van der Waals surface area contributed by atoms with Crippen molar-refractivity contribution >= 4 is 5.69 Å². The molecule has 0 fully saturated rings. The molecule has 0 bridgehead atoms. The Bertz CT molecular complexity index is 777. The molecule has 2 aromatic carbocycles. The van der Waals surface area contributed by atoms with Gasteiger partial charge < -0.3 is 14.2 Å². The van der Waals surface area contributed by atoms with Gasteiger partial charge in [0.2, 0.25) is 0 Å². The lowest BCUT2D eigenvalue weighted by atomic mass is 10.1. The summed E-state index contributed by atoms with van der Waals surface area (Å²) in [5.74, 6) is 0.387. The number of benzene rings is 2. The third-order valence-corrected chi connectivity index (χ3v) is 3.35. The number of nitro groups is 1. The van der Waals surface area contributed by atoms with Crippen LogP contribution in [0, 0.1) is 10.1 Å². The van der Waals surface area contributed by atoms with Crippen LogP contribution in [0.3, 0.4) is 0 Å². The molecule has 134 valence electrons. The maximum absolute atomic E-state index is 13.1. The molecule has 0 saturated heterocycles. The molecule has 6 nitrogen and oxygen atoms in total. The first-order chi connectivity index (χ1) is 11.8. The second-order valence-corrected chi connectivity index (χ2v) is 4.90. The molecule has 0 atom stereocenters. The predicted octanol–water partition coefficient (Wildman–Crippen LogP) is 4.21. The van der Waals surface area contributed by atoms with E-state index in [0.717, 1.165) is 12.1 Å². The van der Waals surface area contributed by atoms with E-state index in [1.54, 1.807) is 18.2 Å². The van der Waals surface area contributed by atoms with Crippen LogP contribution in [0.15, 0.2) is 36.4 Å². The molecule has 2 rings (SSSR count). The lowest BCUT2D eigenvalue weighted by Crippen LogP contribution is -2.10. The number of alkyl halides is 3. The molecule has 0 amide bonds. The Morgan fingerprint density at radius 3 is 2.28 bits per heavy atom. The number of hydrogen-bond donors (Lipinski definition) is 0. The van der Waals surface area contributed by atoms with Crippen LogP contribution < -0.4 is 14.2 Å². The normalized spacial score (nSPS) is 11.1. The maximum Gasteiger partial charge on any atom is 0.420 e. The number of methoxy groups -OCH3 is 2. The number of nitrogens with zero attached hydrogens (tertiary/aromatic N) is 1. The summed E-state index contributed by atoms with van der Waals surface area (Å²) in [6, 6.07) is 7.12. The average Bonchev–Trinajstić information content (AvgIpc) is 2.58. The number of ether oxygens (including phenoxy) is 3. The van der Waals surface area contributed by atoms with Gasteiger partial charge >= 0.3 is 6.18 Å². The van der Waals surface area contributed by atoms with Crippen LogP contribution in [0.25, 0.3) is 0 Å². The minimum Gasteiger partial charge on any atom is -0.497 e. The first-order valence-corrected chi connectivity index (χ1v) is 6.95. The Hall–Kier alpha value is -2.97. The van der Waals surface area contributed by atoms with Crippen molar-refractivity contribution in [1.82, 2.24) is 0 Å². The molecule has 25 heavy (non-hydrogen) atoms. The van der Waals surface area contributed by atoms with Crippen molar-refractivity contribution in [3.63, 3.8) is 0 Å². The summed E-state index contributed by atoms with van der Waals surface area (Å²) in [6.45, 7) is -0.235. The van der Waals surface area contributed by atoms with Crippen LogP contribution >= 0.6 is 0 Å². The van der Waals surface area contributed by atoms with Crippen LogP contribution in [-0.4, -0.2) is 19.1 Å². The van der Waals surface area contributed by atoms with E-state index in [1.165, 1.54) is 14.2 Å². The highest BCUT2D eigenvalue weighted by molar-refractivity contribution is 5.46. The molecular weight excluding hydrogens is 343 g/mol. The van der Waals surface area contributed by atoms with Crippen molar-refractivity contribution < 1.29 is 32.3 Å². The second-order valence-electron chi connectivity index (χ2n) is 4.90. The number of halogens is 3. The largest absolute Gasteiger partial charge is 0.497 e. The molecule has 0 saturated carbocycles. The summed E-state index contributed by atoms with van der Waals surface area (Å²) in [7, 11) is 2.86. The van der Waals surface area contributed by atoms with Crippen LogP contribution in [0.5, 0.6) is 17.2 Å². The highest BCUT2D eigenvalue weighted by Crippen LogP contribution is 2.39. The lowest BCUT2D eigenvalue weighted by Gasteiger charge is -2.15. The van der Waals surface area contributed by atoms with Gasteiger partial charge in [-0.05, 0) is 24.3 Å². The molecule has 0 radical (unpaired) electrons. The van der Waals surface area contributed by atoms with Crippen LogP contribution in [0.1, 0.15) is 11.1 Å². The third-order valence-electron chi connectivity index (χ3n) is 3.35. The number of hydrogen-bond acceptors (Lipinski definition) is 5. The van der Waals surface area contributed by atoms with E-state index in [2.05, 4.69) is 0 Å². The fourth-order valence-electron chi connectivity index (χ4n) is 2.13. The molecule has 0 aliphatic rings. The molecular formula is C16H14F3NO5. The van der Waals surface area contributed by atoms with Crippen molar-refractivity contribution in [2.75, 3.05) is 14.2 Å². The Kier molecular flexibility index (Phi) is 5.35. The quantitative estimate of drug-likeness (QED) is 0.572. The van der Waals surface area contributed by atoms with Crippen molar-refractivity contribution in [3.05, 3.63) is 57.6 Å².